The second kappa shape index (κ2) is 4.57. The molecule has 0 spiro atoms. The van der Waals surface area contributed by atoms with Crippen LogP contribution in [0.1, 0.15) is 24.8 Å². The second-order valence-electron chi connectivity index (χ2n) is 4.61. The highest BCUT2D eigenvalue weighted by Crippen LogP contribution is 2.50. The van der Waals surface area contributed by atoms with E-state index in [4.69, 9.17) is 9.84 Å². The van der Waals surface area contributed by atoms with Crippen LogP contribution in [0.25, 0.3) is 0 Å². The Kier molecular flexibility index (Phi) is 3.26. The molecule has 0 amide bonds. The summed E-state index contributed by atoms with van der Waals surface area (Å²) in [5, 5.41) is 19.5. The fourth-order valence-corrected chi connectivity index (χ4v) is 2.27. The number of aliphatic carboxylic acids is 1. The fraction of sp³-hybridized carbons (Fsp3) is 0.462. The summed E-state index contributed by atoms with van der Waals surface area (Å²) >= 11 is 0. The van der Waals surface area contributed by atoms with Crippen LogP contribution in [0.2, 0.25) is 0 Å². The number of benzene rings is 1. The SMILES string of the molecule is COc1ccc(F)cc1C(O)(CC(=O)O)C1CC1. The number of carboxylic acids is 1. The maximum atomic E-state index is 13.3. The Hall–Kier alpha value is -1.62. The third-order valence-corrected chi connectivity index (χ3v) is 3.30. The number of carbonyl (C=O) groups is 1. The average molecular weight is 254 g/mol. The lowest BCUT2D eigenvalue weighted by atomic mass is 9.85. The molecule has 0 heterocycles. The molecule has 0 radical (unpaired) electrons. The molecule has 0 bridgehead atoms. The largest absolute Gasteiger partial charge is 0.496 e. The highest BCUT2D eigenvalue weighted by Gasteiger charge is 2.48. The molecule has 1 aliphatic rings. The van der Waals surface area contributed by atoms with E-state index in [-0.39, 0.29) is 11.5 Å². The van der Waals surface area contributed by atoms with Gasteiger partial charge in [-0.1, -0.05) is 0 Å². The predicted octanol–water partition coefficient (Wildman–Crippen LogP) is 1.91. The van der Waals surface area contributed by atoms with Crippen molar-refractivity contribution < 1.29 is 24.1 Å². The van der Waals surface area contributed by atoms with Gasteiger partial charge in [0.05, 0.1) is 13.5 Å². The normalized spacial score (nSPS) is 18.2. The molecule has 1 aromatic carbocycles. The van der Waals surface area contributed by atoms with Crippen LogP contribution >= 0.6 is 0 Å². The van der Waals surface area contributed by atoms with E-state index < -0.39 is 23.8 Å². The van der Waals surface area contributed by atoms with Gasteiger partial charge in [0.25, 0.3) is 0 Å². The van der Waals surface area contributed by atoms with Crippen LogP contribution in [0.15, 0.2) is 18.2 Å². The van der Waals surface area contributed by atoms with Gasteiger partial charge >= 0.3 is 5.97 Å². The van der Waals surface area contributed by atoms with Gasteiger partial charge in [-0.15, -0.1) is 0 Å². The van der Waals surface area contributed by atoms with Gasteiger partial charge < -0.3 is 14.9 Å². The summed E-state index contributed by atoms with van der Waals surface area (Å²) in [7, 11) is 1.41. The van der Waals surface area contributed by atoms with Crippen molar-refractivity contribution in [2.45, 2.75) is 24.9 Å². The molecule has 4 nitrogen and oxygen atoms in total. The summed E-state index contributed by atoms with van der Waals surface area (Å²) in [6.07, 6.45) is 1.03. The molecule has 1 atom stereocenters. The van der Waals surface area contributed by atoms with Gasteiger partial charge in [0.2, 0.25) is 0 Å². The minimum Gasteiger partial charge on any atom is -0.496 e. The van der Waals surface area contributed by atoms with Crippen LogP contribution in [-0.2, 0) is 10.4 Å². The smallest absolute Gasteiger partial charge is 0.306 e. The quantitative estimate of drug-likeness (QED) is 0.842. The molecule has 1 aliphatic carbocycles. The first kappa shape index (κ1) is 12.8. The van der Waals surface area contributed by atoms with Crippen molar-refractivity contribution in [3.05, 3.63) is 29.6 Å². The number of aliphatic hydroxyl groups is 1. The number of ether oxygens (including phenoxy) is 1. The van der Waals surface area contributed by atoms with Crippen LogP contribution in [-0.4, -0.2) is 23.3 Å². The van der Waals surface area contributed by atoms with Crippen LogP contribution in [0.4, 0.5) is 4.39 Å². The Bertz CT molecular complexity index is 470. The molecule has 5 heteroatoms. The van der Waals surface area contributed by atoms with E-state index in [2.05, 4.69) is 0 Å². The zero-order valence-corrected chi connectivity index (χ0v) is 10.0. The van der Waals surface area contributed by atoms with Crippen molar-refractivity contribution in [2.75, 3.05) is 7.11 Å². The van der Waals surface area contributed by atoms with Crippen LogP contribution in [0, 0.1) is 11.7 Å². The first-order chi connectivity index (χ1) is 8.47. The molecule has 98 valence electrons. The summed E-state index contributed by atoms with van der Waals surface area (Å²) in [5.74, 6) is -1.47. The second-order valence-corrected chi connectivity index (χ2v) is 4.61. The fourth-order valence-electron chi connectivity index (χ4n) is 2.27. The Morgan fingerprint density at radius 1 is 1.56 bits per heavy atom. The van der Waals surface area contributed by atoms with Gasteiger partial charge in [0, 0.05) is 5.56 Å². The van der Waals surface area contributed by atoms with E-state index in [1.54, 1.807) is 0 Å². The van der Waals surface area contributed by atoms with Gasteiger partial charge in [0.15, 0.2) is 0 Å². The van der Waals surface area contributed by atoms with E-state index in [0.29, 0.717) is 5.75 Å². The highest BCUT2D eigenvalue weighted by molar-refractivity contribution is 5.69. The molecule has 18 heavy (non-hydrogen) atoms. The number of halogens is 1. The first-order valence-corrected chi connectivity index (χ1v) is 5.75. The van der Waals surface area contributed by atoms with Crippen LogP contribution in [0.5, 0.6) is 5.75 Å². The van der Waals surface area contributed by atoms with Crippen molar-refractivity contribution in [1.29, 1.82) is 0 Å². The van der Waals surface area contributed by atoms with E-state index in [1.807, 2.05) is 0 Å². The molecule has 1 aromatic rings. The number of methoxy groups -OCH3 is 1. The average Bonchev–Trinajstić information content (AvgIpc) is 3.12. The maximum Gasteiger partial charge on any atom is 0.306 e. The van der Waals surface area contributed by atoms with Crippen molar-refractivity contribution in [3.63, 3.8) is 0 Å². The molecule has 1 unspecified atom stereocenters. The van der Waals surface area contributed by atoms with Gasteiger partial charge in [-0.2, -0.15) is 0 Å². The number of rotatable bonds is 5. The Labute approximate surface area is 104 Å². The predicted molar refractivity (Wildman–Crippen MR) is 61.8 cm³/mol. The molecule has 1 saturated carbocycles. The molecule has 0 aliphatic heterocycles. The molecular weight excluding hydrogens is 239 g/mol. The summed E-state index contributed by atoms with van der Waals surface area (Å²) in [6.45, 7) is 0. The lowest BCUT2D eigenvalue weighted by Crippen LogP contribution is -2.32. The lowest BCUT2D eigenvalue weighted by Gasteiger charge is -2.28. The zero-order chi connectivity index (χ0) is 13.3. The van der Waals surface area contributed by atoms with Gasteiger partial charge in [-0.3, -0.25) is 4.79 Å². The summed E-state index contributed by atoms with van der Waals surface area (Å²) < 4.78 is 18.4. The Morgan fingerprint density at radius 2 is 2.22 bits per heavy atom. The van der Waals surface area contributed by atoms with Gasteiger partial charge in [-0.25, -0.2) is 4.39 Å². The highest BCUT2D eigenvalue weighted by atomic mass is 19.1. The number of carboxylic acid groups (broad SMARTS) is 1. The zero-order valence-electron chi connectivity index (χ0n) is 10.0. The third kappa shape index (κ3) is 2.31. The van der Waals surface area contributed by atoms with E-state index in [0.717, 1.165) is 18.9 Å². The molecule has 0 saturated heterocycles. The summed E-state index contributed by atoms with van der Waals surface area (Å²) in [5.41, 5.74) is -1.34. The van der Waals surface area contributed by atoms with Gasteiger partial charge in [0.1, 0.15) is 17.2 Å². The van der Waals surface area contributed by atoms with Crippen molar-refractivity contribution in [1.82, 2.24) is 0 Å². The molecular formula is C13H15FO4. The van der Waals surface area contributed by atoms with E-state index in [9.17, 15) is 14.3 Å². The maximum absolute atomic E-state index is 13.3. The minimum absolute atomic E-state index is 0.149. The van der Waals surface area contributed by atoms with Crippen molar-refractivity contribution >= 4 is 5.97 Å². The Balaban J connectivity index is 2.47. The third-order valence-electron chi connectivity index (χ3n) is 3.30. The monoisotopic (exact) mass is 254 g/mol. The number of hydrogen-bond donors (Lipinski definition) is 2. The first-order valence-electron chi connectivity index (χ1n) is 5.75. The standard InChI is InChI=1S/C13H15FO4/c1-18-11-5-4-9(14)6-10(11)13(17,7-12(15)16)8-2-3-8/h4-6,8,17H,2-3,7H2,1H3,(H,15,16). The van der Waals surface area contributed by atoms with Crippen LogP contribution < -0.4 is 4.74 Å². The van der Waals surface area contributed by atoms with Gasteiger partial charge in [-0.05, 0) is 37.0 Å². The van der Waals surface area contributed by atoms with E-state index >= 15 is 0 Å². The van der Waals surface area contributed by atoms with Crippen molar-refractivity contribution in [2.24, 2.45) is 5.92 Å². The van der Waals surface area contributed by atoms with E-state index in [1.165, 1.54) is 19.2 Å². The minimum atomic E-state index is -1.56. The summed E-state index contributed by atoms with van der Waals surface area (Å²) in [6, 6.07) is 3.77. The molecule has 0 aromatic heterocycles. The summed E-state index contributed by atoms with van der Waals surface area (Å²) in [4.78, 5) is 10.9. The molecule has 2 rings (SSSR count). The van der Waals surface area contributed by atoms with Crippen molar-refractivity contribution in [3.8, 4) is 5.75 Å². The number of hydrogen-bond acceptors (Lipinski definition) is 3. The van der Waals surface area contributed by atoms with Crippen LogP contribution in [0.3, 0.4) is 0 Å². The lowest BCUT2D eigenvalue weighted by molar-refractivity contribution is -0.144. The Morgan fingerprint density at radius 3 is 2.72 bits per heavy atom. The topological polar surface area (TPSA) is 66.8 Å². The molecule has 2 N–H and O–H groups in total. The molecule has 1 fully saturated rings.